The highest BCUT2D eigenvalue weighted by Crippen LogP contribution is 2.59. The molecule has 2 aliphatic carbocycles. The summed E-state index contributed by atoms with van der Waals surface area (Å²) >= 11 is 0. The standard InChI is InChI=1S/C37H45N7O4/c1-4-38-34(46)30(24-11-8-12-24)43-35(47)37(18-20-48-22-37)25-13-14-26-27(21-25)41-32(40-26)31(42-33(45)28-15-19-39-44(28)3)29(36(2)16-17-36)23-9-6-5-7-10-23/h5-7,9-10,13-15,19,21,24,29-31H,4,8,11-12,16-18,20,22H2,1-3H3,(H,38,46)(H,40,41)(H,42,45)(H,43,47)/t29-,30+,31-,37?/m0/s1. The quantitative estimate of drug-likeness (QED) is 0.179. The summed E-state index contributed by atoms with van der Waals surface area (Å²) in [5.41, 5.74) is 2.98. The van der Waals surface area contributed by atoms with Gasteiger partial charge in [0.1, 0.15) is 17.6 Å². The monoisotopic (exact) mass is 651 g/mol. The van der Waals surface area contributed by atoms with Crippen LogP contribution in [0, 0.1) is 11.3 Å². The minimum absolute atomic E-state index is 0.0136. The van der Waals surface area contributed by atoms with Crippen molar-refractivity contribution in [2.24, 2.45) is 18.4 Å². The van der Waals surface area contributed by atoms with E-state index in [1.807, 2.05) is 43.3 Å². The largest absolute Gasteiger partial charge is 0.380 e. The number of hydrogen-bond donors (Lipinski definition) is 4. The summed E-state index contributed by atoms with van der Waals surface area (Å²) in [6.45, 7) is 5.36. The van der Waals surface area contributed by atoms with Crippen LogP contribution in [-0.2, 0) is 26.8 Å². The van der Waals surface area contributed by atoms with Crippen LogP contribution in [0.1, 0.15) is 91.8 Å². The second-order valence-corrected chi connectivity index (χ2v) is 14.1. The molecule has 0 radical (unpaired) electrons. The summed E-state index contributed by atoms with van der Waals surface area (Å²) in [6.07, 6.45) is 7.14. The fourth-order valence-electron chi connectivity index (χ4n) is 7.60. The molecule has 48 heavy (non-hydrogen) atoms. The molecular weight excluding hydrogens is 606 g/mol. The Bertz CT molecular complexity index is 1800. The molecule has 3 aliphatic rings. The van der Waals surface area contributed by atoms with Gasteiger partial charge in [0.2, 0.25) is 11.8 Å². The number of nitrogens with zero attached hydrogens (tertiary/aromatic N) is 3. The summed E-state index contributed by atoms with van der Waals surface area (Å²) in [5, 5.41) is 13.6. The second kappa shape index (κ2) is 12.8. The molecule has 11 heteroatoms. The number of amides is 3. The van der Waals surface area contributed by atoms with E-state index < -0.39 is 17.5 Å². The molecule has 252 valence electrons. The number of benzene rings is 2. The molecule has 7 rings (SSSR count). The lowest BCUT2D eigenvalue weighted by molar-refractivity contribution is -0.134. The van der Waals surface area contributed by atoms with Crippen LogP contribution in [0.2, 0.25) is 0 Å². The number of fused-ring (bicyclic) bond motifs is 1. The van der Waals surface area contributed by atoms with E-state index in [0.717, 1.165) is 54.3 Å². The van der Waals surface area contributed by atoms with E-state index in [0.29, 0.717) is 31.1 Å². The Balaban J connectivity index is 1.25. The Morgan fingerprint density at radius 1 is 1.06 bits per heavy atom. The van der Waals surface area contributed by atoms with Crippen LogP contribution in [0.5, 0.6) is 0 Å². The Labute approximate surface area is 280 Å². The van der Waals surface area contributed by atoms with E-state index in [9.17, 15) is 14.4 Å². The van der Waals surface area contributed by atoms with Crippen molar-refractivity contribution in [2.45, 2.75) is 75.8 Å². The molecule has 2 saturated carbocycles. The van der Waals surface area contributed by atoms with Crippen LogP contribution >= 0.6 is 0 Å². The molecular formula is C37H45N7O4. The maximum atomic E-state index is 14.2. The fraction of sp³-hybridized carbons (Fsp3) is 0.486. The topological polar surface area (TPSA) is 143 Å². The van der Waals surface area contributed by atoms with E-state index in [1.54, 1.807) is 24.0 Å². The smallest absolute Gasteiger partial charge is 0.270 e. The summed E-state index contributed by atoms with van der Waals surface area (Å²) in [7, 11) is 1.76. The van der Waals surface area contributed by atoms with Crippen molar-refractivity contribution in [3.63, 3.8) is 0 Å². The summed E-state index contributed by atoms with van der Waals surface area (Å²) < 4.78 is 7.43. The third-order valence-corrected chi connectivity index (χ3v) is 11.0. The van der Waals surface area contributed by atoms with E-state index >= 15 is 0 Å². The normalized spacial score (nSPS) is 22.0. The van der Waals surface area contributed by atoms with Crippen molar-refractivity contribution in [3.05, 3.63) is 83.4 Å². The first-order valence-electron chi connectivity index (χ1n) is 17.2. The van der Waals surface area contributed by atoms with Gasteiger partial charge in [-0.15, -0.1) is 0 Å². The zero-order valence-electron chi connectivity index (χ0n) is 27.9. The van der Waals surface area contributed by atoms with Crippen molar-refractivity contribution in [2.75, 3.05) is 19.8 Å². The molecule has 1 aliphatic heterocycles. The maximum absolute atomic E-state index is 14.2. The first kappa shape index (κ1) is 32.1. The zero-order chi connectivity index (χ0) is 33.5. The molecule has 2 aromatic carbocycles. The Kier molecular flexibility index (Phi) is 8.57. The molecule has 1 unspecified atom stereocenters. The number of ether oxygens (including phenoxy) is 1. The number of rotatable bonds is 12. The van der Waals surface area contributed by atoms with Gasteiger partial charge in [-0.25, -0.2) is 4.98 Å². The van der Waals surface area contributed by atoms with Crippen LogP contribution in [0.4, 0.5) is 0 Å². The fourth-order valence-corrected chi connectivity index (χ4v) is 7.60. The van der Waals surface area contributed by atoms with E-state index in [1.165, 1.54) is 0 Å². The Morgan fingerprint density at radius 3 is 2.48 bits per heavy atom. The van der Waals surface area contributed by atoms with Crippen LogP contribution < -0.4 is 16.0 Å². The van der Waals surface area contributed by atoms with Crippen molar-refractivity contribution in [1.29, 1.82) is 0 Å². The highest BCUT2D eigenvalue weighted by atomic mass is 16.5. The summed E-state index contributed by atoms with van der Waals surface area (Å²) in [5.74, 6) is 0.223. The van der Waals surface area contributed by atoms with Crippen LogP contribution in [-0.4, -0.2) is 63.3 Å². The van der Waals surface area contributed by atoms with Gasteiger partial charge in [0.15, 0.2) is 0 Å². The van der Waals surface area contributed by atoms with Gasteiger partial charge >= 0.3 is 0 Å². The third kappa shape index (κ3) is 5.89. The summed E-state index contributed by atoms with van der Waals surface area (Å²) in [4.78, 5) is 49.5. The molecule has 3 heterocycles. The van der Waals surface area contributed by atoms with E-state index in [-0.39, 0.29) is 41.6 Å². The van der Waals surface area contributed by atoms with Crippen LogP contribution in [0.3, 0.4) is 0 Å². The Morgan fingerprint density at radius 2 is 1.85 bits per heavy atom. The second-order valence-electron chi connectivity index (χ2n) is 14.1. The number of imidazole rings is 1. The van der Waals surface area contributed by atoms with Gasteiger partial charge in [-0.3, -0.25) is 19.1 Å². The number of aryl methyl sites for hydroxylation is 1. The SMILES string of the molecule is CCNC(=O)[C@H](NC(=O)C1(c2ccc3nc([C@@H](NC(=O)c4ccnn4C)[C@H](c4ccccc4)C4(C)CC4)[nH]c3c2)CCOC1)C1CCC1. The van der Waals surface area contributed by atoms with Crippen molar-refractivity contribution >= 4 is 28.8 Å². The van der Waals surface area contributed by atoms with Crippen LogP contribution in [0.15, 0.2) is 60.8 Å². The molecule has 4 N–H and O–H groups in total. The molecule has 1 saturated heterocycles. The lowest BCUT2D eigenvalue weighted by Gasteiger charge is -2.36. The van der Waals surface area contributed by atoms with E-state index in [2.05, 4.69) is 45.1 Å². The maximum Gasteiger partial charge on any atom is 0.270 e. The molecule has 2 aromatic heterocycles. The van der Waals surface area contributed by atoms with Gasteiger partial charge < -0.3 is 25.7 Å². The number of H-pyrrole nitrogens is 1. The van der Waals surface area contributed by atoms with Gasteiger partial charge in [-0.2, -0.15) is 5.10 Å². The molecule has 11 nitrogen and oxygen atoms in total. The zero-order valence-corrected chi connectivity index (χ0v) is 27.9. The molecule has 4 atom stereocenters. The summed E-state index contributed by atoms with van der Waals surface area (Å²) in [6, 6.07) is 16.9. The number of carbonyl (C=O) groups excluding carboxylic acids is 3. The first-order valence-corrected chi connectivity index (χ1v) is 17.2. The third-order valence-electron chi connectivity index (χ3n) is 11.0. The van der Waals surface area contributed by atoms with Gasteiger partial charge in [0.25, 0.3) is 5.91 Å². The first-order chi connectivity index (χ1) is 23.2. The van der Waals surface area contributed by atoms with Gasteiger partial charge in [-0.1, -0.05) is 49.7 Å². The predicted molar refractivity (Wildman–Crippen MR) is 181 cm³/mol. The Hall–Kier alpha value is -4.51. The number of aromatic amines is 1. The lowest BCUT2D eigenvalue weighted by atomic mass is 9.76. The predicted octanol–water partition coefficient (Wildman–Crippen LogP) is 4.43. The highest BCUT2D eigenvalue weighted by Gasteiger charge is 2.51. The number of hydrogen-bond acceptors (Lipinski definition) is 6. The minimum atomic E-state index is -0.935. The lowest BCUT2D eigenvalue weighted by Crippen LogP contribution is -2.57. The molecule has 4 aromatic rings. The van der Waals surface area contributed by atoms with Gasteiger partial charge in [-0.05, 0) is 79.7 Å². The molecule has 0 spiro atoms. The molecule has 3 fully saturated rings. The average molecular weight is 652 g/mol. The van der Waals surface area contributed by atoms with Gasteiger partial charge in [0, 0.05) is 32.3 Å². The highest BCUT2D eigenvalue weighted by molar-refractivity contribution is 5.95. The van der Waals surface area contributed by atoms with E-state index in [4.69, 9.17) is 9.72 Å². The van der Waals surface area contributed by atoms with Crippen molar-refractivity contribution < 1.29 is 19.1 Å². The minimum Gasteiger partial charge on any atom is -0.380 e. The van der Waals surface area contributed by atoms with Crippen molar-refractivity contribution in [3.8, 4) is 0 Å². The van der Waals surface area contributed by atoms with Crippen molar-refractivity contribution in [1.82, 2.24) is 35.7 Å². The van der Waals surface area contributed by atoms with Crippen LogP contribution in [0.25, 0.3) is 11.0 Å². The number of carbonyl (C=O) groups is 3. The molecule has 0 bridgehead atoms. The number of nitrogens with one attached hydrogen (secondary N) is 4. The van der Waals surface area contributed by atoms with Gasteiger partial charge in [0.05, 0.1) is 29.1 Å². The number of aromatic nitrogens is 4. The molecule has 3 amide bonds. The number of likely N-dealkylation sites (N-methyl/N-ethyl adjacent to an activating group) is 1. The average Bonchev–Trinajstić information content (AvgIpc) is 3.45.